The Labute approximate surface area is 218 Å². The summed E-state index contributed by atoms with van der Waals surface area (Å²) in [5.41, 5.74) is 2.44. The van der Waals surface area contributed by atoms with Crippen molar-refractivity contribution in [1.29, 1.82) is 0 Å². The zero-order valence-electron chi connectivity index (χ0n) is 20.4. The summed E-state index contributed by atoms with van der Waals surface area (Å²) in [7, 11) is -3.51. The Kier molecular flexibility index (Phi) is 9.28. The van der Waals surface area contributed by atoms with Crippen LogP contribution in [0.25, 0.3) is 10.2 Å². The van der Waals surface area contributed by atoms with E-state index < -0.39 is 10.0 Å². The average molecular weight is 537 g/mol. The molecule has 0 bridgehead atoms. The number of rotatable bonds is 9. The van der Waals surface area contributed by atoms with Gasteiger partial charge in [-0.15, -0.1) is 12.4 Å². The van der Waals surface area contributed by atoms with E-state index in [0.29, 0.717) is 30.3 Å². The maximum Gasteiger partial charge on any atom is 0.260 e. The monoisotopic (exact) mass is 536 g/mol. The van der Waals surface area contributed by atoms with Crippen LogP contribution in [0, 0.1) is 6.92 Å². The Morgan fingerprint density at radius 1 is 1.03 bits per heavy atom. The van der Waals surface area contributed by atoms with Gasteiger partial charge in [0.25, 0.3) is 5.91 Å². The van der Waals surface area contributed by atoms with E-state index in [1.807, 2.05) is 25.1 Å². The highest BCUT2D eigenvalue weighted by Crippen LogP contribution is 2.31. The van der Waals surface area contributed by atoms with Gasteiger partial charge in [-0.2, -0.15) is 4.31 Å². The lowest BCUT2D eigenvalue weighted by Crippen LogP contribution is -2.38. The smallest absolute Gasteiger partial charge is 0.260 e. The second-order valence-corrected chi connectivity index (χ2v) is 11.5. The molecule has 1 aliphatic rings. The first-order valence-corrected chi connectivity index (χ1v) is 14.1. The number of hydrogen-bond acceptors (Lipinski definition) is 6. The Hall–Kier alpha value is -2.04. The van der Waals surface area contributed by atoms with Gasteiger partial charge >= 0.3 is 0 Å². The summed E-state index contributed by atoms with van der Waals surface area (Å²) in [6.45, 7) is 10.4. The minimum atomic E-state index is -3.51. The number of halogens is 1. The van der Waals surface area contributed by atoms with E-state index in [2.05, 4.69) is 18.7 Å². The molecule has 1 amide bonds. The molecule has 1 aromatic heterocycles. The molecule has 0 saturated carbocycles. The first-order chi connectivity index (χ1) is 16.3. The fourth-order valence-electron chi connectivity index (χ4n) is 4.26. The first kappa shape index (κ1) is 27.5. The molecule has 10 heteroatoms. The van der Waals surface area contributed by atoms with Gasteiger partial charge in [-0.3, -0.25) is 9.69 Å². The Morgan fingerprint density at radius 3 is 2.29 bits per heavy atom. The average Bonchev–Trinajstić information content (AvgIpc) is 3.53. The van der Waals surface area contributed by atoms with Crippen LogP contribution >= 0.6 is 23.7 Å². The maximum atomic E-state index is 13.6. The number of thiazole rings is 1. The molecular formula is C25H33ClN4O3S2. The van der Waals surface area contributed by atoms with Crippen LogP contribution in [0.4, 0.5) is 5.13 Å². The van der Waals surface area contributed by atoms with Crippen LogP contribution in [0.5, 0.6) is 0 Å². The maximum absolute atomic E-state index is 13.6. The lowest BCUT2D eigenvalue weighted by Gasteiger charge is -2.25. The molecule has 0 spiro atoms. The van der Waals surface area contributed by atoms with E-state index in [9.17, 15) is 13.2 Å². The molecule has 1 saturated heterocycles. The normalized spacial score (nSPS) is 14.4. The fraction of sp³-hybridized carbons (Fsp3) is 0.440. The van der Waals surface area contributed by atoms with Gasteiger partial charge in [-0.05, 0) is 68.8 Å². The molecule has 190 valence electrons. The van der Waals surface area contributed by atoms with Crippen LogP contribution in [0.3, 0.4) is 0 Å². The standard InChI is InChI=1S/C25H32N4O3S2.ClH/c1-4-27(5-2)17-18-29(25-26-23-19(3)9-8-10-22(23)33-25)24(30)20-11-13-21(14-12-20)34(31,32)28-15-6-7-16-28;/h8-14H,4-7,15-18H2,1-3H3;1H. The van der Waals surface area contributed by atoms with Crippen LogP contribution in [0.15, 0.2) is 47.4 Å². The van der Waals surface area contributed by atoms with Gasteiger partial charge in [-0.1, -0.05) is 37.3 Å². The number of likely N-dealkylation sites (N-methyl/N-ethyl adjacent to an activating group) is 1. The molecule has 0 N–H and O–H groups in total. The summed E-state index contributed by atoms with van der Waals surface area (Å²) in [6.07, 6.45) is 1.78. The van der Waals surface area contributed by atoms with E-state index in [1.54, 1.807) is 29.2 Å². The predicted octanol–water partition coefficient (Wildman–Crippen LogP) is 4.80. The SMILES string of the molecule is CCN(CC)CCN(C(=O)c1ccc(S(=O)(=O)N2CCCC2)cc1)c1nc2c(C)cccc2s1.Cl. The Bertz CT molecular complexity index is 1250. The first-order valence-electron chi connectivity index (χ1n) is 11.9. The third kappa shape index (κ3) is 5.86. The predicted molar refractivity (Wildman–Crippen MR) is 146 cm³/mol. The molecule has 35 heavy (non-hydrogen) atoms. The van der Waals surface area contributed by atoms with Crippen molar-refractivity contribution < 1.29 is 13.2 Å². The minimum absolute atomic E-state index is 0. The van der Waals surface area contributed by atoms with Crippen molar-refractivity contribution in [2.45, 2.75) is 38.5 Å². The topological polar surface area (TPSA) is 73.8 Å². The van der Waals surface area contributed by atoms with E-state index in [0.717, 1.165) is 48.3 Å². The van der Waals surface area contributed by atoms with E-state index in [1.165, 1.54) is 15.6 Å². The van der Waals surface area contributed by atoms with Crippen LogP contribution in [-0.4, -0.2) is 67.8 Å². The number of amides is 1. The molecule has 0 aliphatic carbocycles. The van der Waals surface area contributed by atoms with E-state index in [-0.39, 0.29) is 23.2 Å². The van der Waals surface area contributed by atoms with Crippen LogP contribution in [-0.2, 0) is 10.0 Å². The van der Waals surface area contributed by atoms with Gasteiger partial charge in [0.15, 0.2) is 5.13 Å². The zero-order chi connectivity index (χ0) is 24.3. The summed E-state index contributed by atoms with van der Waals surface area (Å²) in [6, 6.07) is 12.4. The number of aromatic nitrogens is 1. The molecule has 1 aliphatic heterocycles. The van der Waals surface area contributed by atoms with Gasteiger partial charge in [-0.25, -0.2) is 13.4 Å². The zero-order valence-corrected chi connectivity index (χ0v) is 22.9. The summed E-state index contributed by atoms with van der Waals surface area (Å²) >= 11 is 1.51. The van der Waals surface area contributed by atoms with Crippen molar-refractivity contribution in [3.63, 3.8) is 0 Å². The molecule has 7 nitrogen and oxygen atoms in total. The summed E-state index contributed by atoms with van der Waals surface area (Å²) in [5.74, 6) is -0.172. The number of benzene rings is 2. The van der Waals surface area contributed by atoms with Crippen molar-refractivity contribution in [2.75, 3.05) is 44.2 Å². The number of carbonyl (C=O) groups excluding carboxylic acids is 1. The molecule has 2 aromatic carbocycles. The van der Waals surface area contributed by atoms with Crippen molar-refractivity contribution in [3.05, 3.63) is 53.6 Å². The number of sulfonamides is 1. The lowest BCUT2D eigenvalue weighted by atomic mass is 10.2. The number of carbonyl (C=O) groups is 1. The number of nitrogens with zero attached hydrogens (tertiary/aromatic N) is 4. The second kappa shape index (κ2) is 11.8. The summed E-state index contributed by atoms with van der Waals surface area (Å²) < 4.78 is 28.3. The number of aryl methyl sites for hydroxylation is 1. The highest BCUT2D eigenvalue weighted by Gasteiger charge is 2.28. The van der Waals surface area contributed by atoms with Crippen molar-refractivity contribution in [2.24, 2.45) is 0 Å². The third-order valence-corrected chi connectivity index (χ3v) is 9.38. The molecule has 0 atom stereocenters. The van der Waals surface area contributed by atoms with Crippen LogP contribution in [0.2, 0.25) is 0 Å². The molecule has 0 radical (unpaired) electrons. The third-order valence-electron chi connectivity index (χ3n) is 6.42. The summed E-state index contributed by atoms with van der Waals surface area (Å²) in [4.78, 5) is 22.7. The molecule has 1 fully saturated rings. The highest BCUT2D eigenvalue weighted by molar-refractivity contribution is 7.89. The molecule has 2 heterocycles. The second-order valence-electron chi connectivity index (χ2n) is 8.54. The van der Waals surface area contributed by atoms with Crippen molar-refractivity contribution in [1.82, 2.24) is 14.2 Å². The quantitative estimate of drug-likeness (QED) is 0.393. The number of anilines is 1. The summed E-state index contributed by atoms with van der Waals surface area (Å²) in [5, 5.41) is 0.662. The number of para-hydroxylation sites is 1. The van der Waals surface area contributed by atoms with Crippen molar-refractivity contribution >= 4 is 55.0 Å². The molecule has 0 unspecified atom stereocenters. The van der Waals surface area contributed by atoms with Crippen molar-refractivity contribution in [3.8, 4) is 0 Å². The van der Waals surface area contributed by atoms with Crippen LogP contribution in [0.1, 0.15) is 42.6 Å². The number of fused-ring (bicyclic) bond motifs is 1. The van der Waals surface area contributed by atoms with Gasteiger partial charge in [0.05, 0.1) is 15.1 Å². The molecular weight excluding hydrogens is 504 g/mol. The van der Waals surface area contributed by atoms with Gasteiger partial charge in [0.1, 0.15) is 0 Å². The minimum Gasteiger partial charge on any atom is -0.302 e. The van der Waals surface area contributed by atoms with Gasteiger partial charge < -0.3 is 4.90 Å². The number of hydrogen-bond donors (Lipinski definition) is 0. The molecule has 3 aromatic rings. The van der Waals surface area contributed by atoms with Crippen LogP contribution < -0.4 is 4.90 Å². The van der Waals surface area contributed by atoms with E-state index in [4.69, 9.17) is 4.98 Å². The van der Waals surface area contributed by atoms with Gasteiger partial charge in [0, 0.05) is 31.7 Å². The van der Waals surface area contributed by atoms with Gasteiger partial charge in [0.2, 0.25) is 10.0 Å². The molecule has 4 rings (SSSR count). The fourth-order valence-corrected chi connectivity index (χ4v) is 6.84. The lowest BCUT2D eigenvalue weighted by molar-refractivity contribution is 0.0983. The largest absolute Gasteiger partial charge is 0.302 e. The highest BCUT2D eigenvalue weighted by atomic mass is 35.5. The van der Waals surface area contributed by atoms with E-state index >= 15 is 0 Å². The Morgan fingerprint density at radius 2 is 1.69 bits per heavy atom. The Balaban J connectivity index is 0.00000342.